The number of carbonyl (C=O) groups excluding carboxylic acids is 1. The maximum atomic E-state index is 12.4. The number of rotatable bonds is 5. The zero-order chi connectivity index (χ0) is 22.8. The lowest BCUT2D eigenvalue weighted by Gasteiger charge is -2.03. The maximum Gasteiger partial charge on any atom is 0.250 e. The Morgan fingerprint density at radius 2 is 1.82 bits per heavy atom. The van der Waals surface area contributed by atoms with Crippen molar-refractivity contribution in [3.63, 3.8) is 0 Å². The van der Waals surface area contributed by atoms with Crippen molar-refractivity contribution in [1.29, 1.82) is 0 Å². The normalized spacial score (nSPS) is 11.3. The van der Waals surface area contributed by atoms with Gasteiger partial charge < -0.3 is 4.42 Å². The van der Waals surface area contributed by atoms with Crippen LogP contribution in [0.25, 0.3) is 39.4 Å². The number of nitrogens with zero attached hydrogens (tertiary/aromatic N) is 1. The number of halogens is 2. The smallest absolute Gasteiger partial charge is 0.250 e. The molecule has 3 aromatic carbocycles. The number of fused-ring (bicyclic) bond motifs is 1. The molecule has 0 saturated carbocycles. The first-order valence-electron chi connectivity index (χ1n) is 10.0. The van der Waals surface area contributed by atoms with E-state index in [0.717, 1.165) is 27.6 Å². The molecule has 1 amide bonds. The van der Waals surface area contributed by atoms with Crippen LogP contribution in [0.3, 0.4) is 0 Å². The molecule has 0 unspecified atom stereocenters. The summed E-state index contributed by atoms with van der Waals surface area (Å²) in [5, 5.41) is 8.60. The number of hydrogen-bond acceptors (Lipinski definition) is 4. The predicted octanol–water partition coefficient (Wildman–Crippen LogP) is 8.18. The number of hydrogen-bond donors (Lipinski definition) is 1. The fourth-order valence-corrected chi connectivity index (χ4v) is 4.70. The van der Waals surface area contributed by atoms with Crippen LogP contribution >= 0.6 is 34.5 Å². The molecule has 162 valence electrons. The first kappa shape index (κ1) is 21.5. The monoisotopic (exact) mass is 490 g/mol. The summed E-state index contributed by atoms with van der Waals surface area (Å²) >= 11 is 13.6. The van der Waals surface area contributed by atoms with E-state index in [4.69, 9.17) is 27.6 Å². The lowest BCUT2D eigenvalue weighted by atomic mass is 10.0. The highest BCUT2D eigenvalue weighted by Gasteiger charge is 2.11. The highest BCUT2D eigenvalue weighted by atomic mass is 35.5. The highest BCUT2D eigenvalue weighted by Crippen LogP contribution is 2.32. The van der Waals surface area contributed by atoms with Crippen molar-refractivity contribution in [3.05, 3.63) is 100 Å². The third kappa shape index (κ3) is 4.71. The molecule has 4 nitrogen and oxygen atoms in total. The minimum absolute atomic E-state index is 0.295. The van der Waals surface area contributed by atoms with E-state index in [1.165, 1.54) is 17.4 Å². The number of benzene rings is 3. The van der Waals surface area contributed by atoms with Crippen molar-refractivity contribution >= 4 is 62.4 Å². The quantitative estimate of drug-likeness (QED) is 0.252. The Morgan fingerprint density at radius 1 is 0.970 bits per heavy atom. The number of nitrogens with one attached hydrogen (secondary N) is 1. The Morgan fingerprint density at radius 3 is 2.70 bits per heavy atom. The average Bonchev–Trinajstić information content (AvgIpc) is 3.47. The summed E-state index contributed by atoms with van der Waals surface area (Å²) < 4.78 is 5.79. The van der Waals surface area contributed by atoms with Crippen molar-refractivity contribution in [3.8, 4) is 22.6 Å². The molecule has 1 N–H and O–H groups in total. The molecule has 5 rings (SSSR count). The number of thiazole rings is 1. The predicted molar refractivity (Wildman–Crippen MR) is 137 cm³/mol. The highest BCUT2D eigenvalue weighted by molar-refractivity contribution is 7.14. The maximum absolute atomic E-state index is 12.4. The van der Waals surface area contributed by atoms with E-state index in [0.29, 0.717) is 26.7 Å². The standard InChI is InChI=1S/C26H16Cl2N2O2S/c27-17-8-11-21(22(28)14-17)24-12-9-18(32-24)10-13-25(31)30-26-29-23(15-33-26)20-7-3-5-16-4-1-2-6-19(16)20/h1-15H,(H,29,30,31)/b13-10+. The zero-order valence-corrected chi connectivity index (χ0v) is 19.4. The number of aromatic nitrogens is 1. The van der Waals surface area contributed by atoms with E-state index < -0.39 is 0 Å². The summed E-state index contributed by atoms with van der Waals surface area (Å²) in [6.45, 7) is 0. The van der Waals surface area contributed by atoms with Crippen LogP contribution in [0.5, 0.6) is 0 Å². The minimum Gasteiger partial charge on any atom is -0.457 e. The van der Waals surface area contributed by atoms with E-state index in [-0.39, 0.29) is 5.91 Å². The Hall–Kier alpha value is -3.38. The zero-order valence-electron chi connectivity index (χ0n) is 17.1. The molecule has 2 aromatic heterocycles. The molecule has 33 heavy (non-hydrogen) atoms. The SMILES string of the molecule is O=C(/C=C/c1ccc(-c2ccc(Cl)cc2Cl)o1)Nc1nc(-c2cccc3ccccc23)cs1. The van der Waals surface area contributed by atoms with Gasteiger partial charge in [0.1, 0.15) is 11.5 Å². The van der Waals surface area contributed by atoms with E-state index in [1.807, 2.05) is 29.6 Å². The molecule has 0 aliphatic carbocycles. The van der Waals surface area contributed by atoms with Crippen LogP contribution in [-0.4, -0.2) is 10.9 Å². The van der Waals surface area contributed by atoms with Gasteiger partial charge in [0, 0.05) is 27.6 Å². The second-order valence-corrected chi connectivity index (χ2v) is 8.92. The second-order valence-electron chi connectivity index (χ2n) is 7.21. The van der Waals surface area contributed by atoms with E-state index in [2.05, 4.69) is 28.5 Å². The summed E-state index contributed by atoms with van der Waals surface area (Å²) in [7, 11) is 0. The first-order chi connectivity index (χ1) is 16.1. The van der Waals surface area contributed by atoms with Gasteiger partial charge in [-0.2, -0.15) is 0 Å². The molecule has 0 spiro atoms. The minimum atomic E-state index is -0.295. The van der Waals surface area contributed by atoms with Gasteiger partial charge in [-0.15, -0.1) is 11.3 Å². The first-order valence-corrected chi connectivity index (χ1v) is 11.7. The third-order valence-electron chi connectivity index (χ3n) is 5.02. The van der Waals surface area contributed by atoms with Crippen molar-refractivity contribution in [2.75, 3.05) is 5.32 Å². The van der Waals surface area contributed by atoms with Crippen LogP contribution in [-0.2, 0) is 4.79 Å². The van der Waals surface area contributed by atoms with Gasteiger partial charge in [0.05, 0.1) is 10.7 Å². The molecule has 0 bridgehead atoms. The van der Waals surface area contributed by atoms with Crippen molar-refractivity contribution in [2.24, 2.45) is 0 Å². The molecule has 7 heteroatoms. The average molecular weight is 491 g/mol. The van der Waals surface area contributed by atoms with Crippen LogP contribution in [0.1, 0.15) is 5.76 Å². The summed E-state index contributed by atoms with van der Waals surface area (Å²) in [6.07, 6.45) is 3.01. The summed E-state index contributed by atoms with van der Waals surface area (Å²) in [5.74, 6) is 0.828. The van der Waals surface area contributed by atoms with Gasteiger partial charge in [-0.1, -0.05) is 65.7 Å². The summed E-state index contributed by atoms with van der Waals surface area (Å²) in [5.41, 5.74) is 2.59. The fourth-order valence-electron chi connectivity index (χ4n) is 3.48. The van der Waals surface area contributed by atoms with E-state index >= 15 is 0 Å². The topological polar surface area (TPSA) is 55.1 Å². The number of amides is 1. The van der Waals surface area contributed by atoms with Crippen molar-refractivity contribution in [1.82, 2.24) is 4.98 Å². The molecular weight excluding hydrogens is 475 g/mol. The summed E-state index contributed by atoms with van der Waals surface area (Å²) in [6, 6.07) is 23.0. The van der Waals surface area contributed by atoms with E-state index in [9.17, 15) is 4.79 Å². The van der Waals surface area contributed by atoms with Crippen molar-refractivity contribution in [2.45, 2.75) is 0 Å². The fraction of sp³-hybridized carbons (Fsp3) is 0. The number of anilines is 1. The summed E-state index contributed by atoms with van der Waals surface area (Å²) in [4.78, 5) is 17.0. The molecule has 0 aliphatic rings. The number of carbonyl (C=O) groups is 1. The lowest BCUT2D eigenvalue weighted by Crippen LogP contribution is -2.07. The van der Waals surface area contributed by atoms with Gasteiger partial charge in [-0.05, 0) is 47.2 Å². The second kappa shape index (κ2) is 9.24. The van der Waals surface area contributed by atoms with Gasteiger partial charge in [0.25, 0.3) is 0 Å². The molecule has 2 heterocycles. The van der Waals surface area contributed by atoms with Crippen molar-refractivity contribution < 1.29 is 9.21 Å². The molecule has 0 saturated heterocycles. The molecule has 5 aromatic rings. The van der Waals surface area contributed by atoms with Gasteiger partial charge in [0.2, 0.25) is 5.91 Å². The Bertz CT molecular complexity index is 1500. The molecule has 0 aliphatic heterocycles. The number of furan rings is 1. The molecular formula is C26H16Cl2N2O2S. The van der Waals surface area contributed by atoms with Crippen LogP contribution in [0.2, 0.25) is 10.0 Å². The molecule has 0 atom stereocenters. The van der Waals surface area contributed by atoms with Gasteiger partial charge in [-0.3, -0.25) is 10.1 Å². The Labute approximate surface area is 204 Å². The van der Waals surface area contributed by atoms with Gasteiger partial charge >= 0.3 is 0 Å². The van der Waals surface area contributed by atoms with Crippen LogP contribution in [0.15, 0.2) is 88.7 Å². The molecule has 0 fully saturated rings. The van der Waals surface area contributed by atoms with Crippen LogP contribution in [0, 0.1) is 0 Å². The Balaban J connectivity index is 1.28. The Kier molecular flexibility index (Phi) is 6.01. The van der Waals surface area contributed by atoms with Gasteiger partial charge in [0.15, 0.2) is 5.13 Å². The lowest BCUT2D eigenvalue weighted by molar-refractivity contribution is -0.111. The van der Waals surface area contributed by atoms with Crippen LogP contribution in [0.4, 0.5) is 5.13 Å². The molecule has 0 radical (unpaired) electrons. The largest absolute Gasteiger partial charge is 0.457 e. The van der Waals surface area contributed by atoms with Gasteiger partial charge in [-0.25, -0.2) is 4.98 Å². The third-order valence-corrected chi connectivity index (χ3v) is 6.33. The van der Waals surface area contributed by atoms with E-state index in [1.54, 1.807) is 36.4 Å². The van der Waals surface area contributed by atoms with Crippen LogP contribution < -0.4 is 5.32 Å².